The van der Waals surface area contributed by atoms with E-state index in [-0.39, 0.29) is 24.3 Å². The molecular formula is C32H35N3O4. The second kappa shape index (κ2) is 12.1. The number of carbonyl (C=O) groups is 2. The Kier molecular flexibility index (Phi) is 8.16. The Bertz CT molecular complexity index is 1430. The zero-order chi connectivity index (χ0) is 27.2. The van der Waals surface area contributed by atoms with Gasteiger partial charge in [-0.15, -0.1) is 0 Å². The van der Waals surface area contributed by atoms with Crippen LogP contribution in [-0.2, 0) is 16.0 Å². The molecule has 2 amide bonds. The number of aromatic nitrogens is 1. The van der Waals surface area contributed by atoms with Gasteiger partial charge in [-0.1, -0.05) is 67.8 Å². The molecule has 0 saturated heterocycles. The number of hydrogen-bond acceptors (Lipinski definition) is 4. The van der Waals surface area contributed by atoms with E-state index in [9.17, 15) is 9.59 Å². The van der Waals surface area contributed by atoms with Crippen LogP contribution in [0, 0.1) is 0 Å². The number of ether oxygens (including phenoxy) is 2. The molecule has 0 aliphatic heterocycles. The number of benzene rings is 3. The van der Waals surface area contributed by atoms with E-state index >= 15 is 0 Å². The van der Waals surface area contributed by atoms with Gasteiger partial charge in [0.05, 0.1) is 20.6 Å². The van der Waals surface area contributed by atoms with E-state index in [4.69, 9.17) is 9.47 Å². The van der Waals surface area contributed by atoms with Crippen LogP contribution in [0.25, 0.3) is 10.9 Å². The fraction of sp³-hybridized carbons (Fsp3) is 0.312. The lowest BCUT2D eigenvalue weighted by Gasteiger charge is -2.34. The van der Waals surface area contributed by atoms with Crippen molar-refractivity contribution in [3.8, 4) is 11.5 Å². The van der Waals surface area contributed by atoms with Crippen molar-refractivity contribution in [1.82, 2.24) is 10.3 Å². The predicted octanol–water partition coefficient (Wildman–Crippen LogP) is 5.95. The molecule has 0 spiro atoms. The molecule has 2 N–H and O–H groups in total. The van der Waals surface area contributed by atoms with E-state index in [0.717, 1.165) is 42.1 Å². The molecule has 4 aromatic rings. The smallest absolute Gasteiger partial charge is 0.248 e. The van der Waals surface area contributed by atoms with Crippen molar-refractivity contribution >= 4 is 28.4 Å². The molecule has 39 heavy (non-hydrogen) atoms. The summed E-state index contributed by atoms with van der Waals surface area (Å²) < 4.78 is 11.3. The van der Waals surface area contributed by atoms with Crippen molar-refractivity contribution in [3.05, 3.63) is 90.1 Å². The van der Waals surface area contributed by atoms with Gasteiger partial charge in [-0.3, -0.25) is 14.5 Å². The van der Waals surface area contributed by atoms with Crippen molar-refractivity contribution in [1.29, 1.82) is 0 Å². The van der Waals surface area contributed by atoms with Gasteiger partial charge in [0.15, 0.2) is 11.5 Å². The maximum absolute atomic E-state index is 14.3. The lowest BCUT2D eigenvalue weighted by atomic mass is 9.94. The summed E-state index contributed by atoms with van der Waals surface area (Å²) >= 11 is 0. The minimum atomic E-state index is -0.961. The monoisotopic (exact) mass is 525 g/mol. The Morgan fingerprint density at radius 1 is 0.923 bits per heavy atom. The highest BCUT2D eigenvalue weighted by atomic mass is 16.5. The molecule has 7 heteroatoms. The van der Waals surface area contributed by atoms with Crippen LogP contribution in [0.4, 0.5) is 5.69 Å². The SMILES string of the molecule is COc1cccc(C(C(=O)NC2CCCCC2)N(C(=O)Cc2c[nH]c3ccccc23)c2ccccc2)c1OC. The largest absolute Gasteiger partial charge is 0.493 e. The van der Waals surface area contributed by atoms with Crippen LogP contribution in [0.2, 0.25) is 0 Å². The number of aromatic amines is 1. The average molecular weight is 526 g/mol. The number of anilines is 1. The van der Waals surface area contributed by atoms with E-state index in [1.54, 1.807) is 25.2 Å². The van der Waals surface area contributed by atoms with E-state index in [1.165, 1.54) is 6.42 Å². The summed E-state index contributed by atoms with van der Waals surface area (Å²) in [6, 6.07) is 21.8. The van der Waals surface area contributed by atoms with Crippen LogP contribution in [0.1, 0.15) is 49.3 Å². The van der Waals surface area contributed by atoms with Gasteiger partial charge in [0.2, 0.25) is 11.8 Å². The Morgan fingerprint density at radius 3 is 2.41 bits per heavy atom. The highest BCUT2D eigenvalue weighted by Gasteiger charge is 2.36. The van der Waals surface area contributed by atoms with Gasteiger partial charge in [0.25, 0.3) is 0 Å². The highest BCUT2D eigenvalue weighted by molar-refractivity contribution is 6.03. The zero-order valence-electron chi connectivity index (χ0n) is 22.5. The third-order valence-electron chi connectivity index (χ3n) is 7.51. The number of para-hydroxylation sites is 3. The lowest BCUT2D eigenvalue weighted by molar-refractivity contribution is -0.127. The summed E-state index contributed by atoms with van der Waals surface area (Å²) in [6.45, 7) is 0. The minimum absolute atomic E-state index is 0.0756. The fourth-order valence-electron chi connectivity index (χ4n) is 5.60. The summed E-state index contributed by atoms with van der Waals surface area (Å²) in [6.07, 6.45) is 7.21. The van der Waals surface area contributed by atoms with E-state index in [2.05, 4.69) is 10.3 Å². The highest BCUT2D eigenvalue weighted by Crippen LogP contribution is 2.39. The third-order valence-corrected chi connectivity index (χ3v) is 7.51. The number of fused-ring (bicyclic) bond motifs is 1. The Hall–Kier alpha value is -4.26. The van der Waals surface area contributed by atoms with Crippen molar-refractivity contribution in [2.24, 2.45) is 0 Å². The number of rotatable bonds is 9. The molecule has 0 radical (unpaired) electrons. The molecule has 3 aromatic carbocycles. The Labute approximate surface area is 229 Å². The average Bonchev–Trinajstić information content (AvgIpc) is 3.38. The summed E-state index contributed by atoms with van der Waals surface area (Å²) in [5, 5.41) is 4.25. The summed E-state index contributed by atoms with van der Waals surface area (Å²) in [7, 11) is 3.12. The van der Waals surface area contributed by atoms with Crippen LogP contribution >= 0.6 is 0 Å². The molecule has 1 unspecified atom stereocenters. The van der Waals surface area contributed by atoms with Crippen LogP contribution < -0.4 is 19.7 Å². The molecule has 5 rings (SSSR count). The normalized spacial score (nSPS) is 14.5. The van der Waals surface area contributed by atoms with E-state index < -0.39 is 6.04 Å². The van der Waals surface area contributed by atoms with Gasteiger partial charge >= 0.3 is 0 Å². The number of nitrogens with one attached hydrogen (secondary N) is 2. The van der Waals surface area contributed by atoms with Crippen LogP contribution in [0.15, 0.2) is 79.0 Å². The molecule has 1 heterocycles. The van der Waals surface area contributed by atoms with Gasteiger partial charge < -0.3 is 19.8 Å². The first-order valence-electron chi connectivity index (χ1n) is 13.5. The second-order valence-corrected chi connectivity index (χ2v) is 9.96. The predicted molar refractivity (Wildman–Crippen MR) is 153 cm³/mol. The van der Waals surface area contributed by atoms with Crippen molar-refractivity contribution in [2.75, 3.05) is 19.1 Å². The molecule has 7 nitrogen and oxygen atoms in total. The first kappa shape index (κ1) is 26.4. The topological polar surface area (TPSA) is 83.7 Å². The van der Waals surface area contributed by atoms with Gasteiger partial charge in [0.1, 0.15) is 6.04 Å². The maximum atomic E-state index is 14.3. The Morgan fingerprint density at radius 2 is 1.67 bits per heavy atom. The number of hydrogen-bond donors (Lipinski definition) is 2. The van der Waals surface area contributed by atoms with Gasteiger partial charge in [-0.05, 0) is 42.7 Å². The number of methoxy groups -OCH3 is 2. The molecule has 1 atom stereocenters. The van der Waals surface area contributed by atoms with Gasteiger partial charge in [0, 0.05) is 34.4 Å². The molecule has 0 bridgehead atoms. The number of H-pyrrole nitrogens is 1. The standard InChI is InChI=1S/C32H35N3O4/c1-38-28-19-11-17-26(31(28)39-2)30(32(37)34-23-12-5-3-6-13-23)35(24-14-7-4-8-15-24)29(36)20-22-21-33-27-18-10-9-16-25(22)27/h4,7-11,14-19,21,23,30,33H,3,5-6,12-13,20H2,1-2H3,(H,34,37). The zero-order valence-corrected chi connectivity index (χ0v) is 22.5. The molecular weight excluding hydrogens is 490 g/mol. The summed E-state index contributed by atoms with van der Waals surface area (Å²) in [5.74, 6) is 0.511. The van der Waals surface area contributed by atoms with Crippen LogP contribution in [-0.4, -0.2) is 37.1 Å². The quantitative estimate of drug-likeness (QED) is 0.283. The second-order valence-electron chi connectivity index (χ2n) is 9.96. The van der Waals surface area contributed by atoms with E-state index in [1.807, 2.05) is 72.9 Å². The molecule has 1 aliphatic rings. The lowest BCUT2D eigenvalue weighted by Crippen LogP contribution is -2.47. The maximum Gasteiger partial charge on any atom is 0.248 e. The summed E-state index contributed by atoms with van der Waals surface area (Å²) in [5.41, 5.74) is 3.05. The molecule has 1 fully saturated rings. The van der Waals surface area contributed by atoms with Crippen molar-refractivity contribution in [3.63, 3.8) is 0 Å². The number of carbonyl (C=O) groups excluding carboxylic acids is 2. The third kappa shape index (κ3) is 5.62. The minimum Gasteiger partial charge on any atom is -0.493 e. The van der Waals surface area contributed by atoms with Gasteiger partial charge in [-0.2, -0.15) is 0 Å². The van der Waals surface area contributed by atoms with Crippen LogP contribution in [0.3, 0.4) is 0 Å². The number of amides is 2. The first-order valence-corrected chi connectivity index (χ1v) is 13.5. The molecule has 1 aliphatic carbocycles. The van der Waals surface area contributed by atoms with Crippen molar-refractivity contribution < 1.29 is 19.1 Å². The molecule has 1 saturated carbocycles. The Balaban J connectivity index is 1.61. The fourth-order valence-corrected chi connectivity index (χ4v) is 5.60. The number of nitrogens with zero attached hydrogens (tertiary/aromatic N) is 1. The first-order chi connectivity index (χ1) is 19.1. The van der Waals surface area contributed by atoms with Gasteiger partial charge in [-0.25, -0.2) is 0 Å². The summed E-state index contributed by atoms with van der Waals surface area (Å²) in [4.78, 5) is 33.4. The molecule has 202 valence electrons. The van der Waals surface area contributed by atoms with Crippen LogP contribution in [0.5, 0.6) is 11.5 Å². The van der Waals surface area contributed by atoms with E-state index in [0.29, 0.717) is 22.7 Å². The van der Waals surface area contributed by atoms with Crippen molar-refractivity contribution in [2.45, 2.75) is 50.6 Å². The molecule has 1 aromatic heterocycles.